The Morgan fingerprint density at radius 2 is 2.29 bits per heavy atom. The van der Waals surface area contributed by atoms with Gasteiger partial charge in [0.25, 0.3) is 5.89 Å². The number of thioether (sulfide) groups is 1. The maximum Gasteiger partial charge on any atom is 0.293 e. The monoisotopic (exact) mass is 214 g/mol. The number of rotatable bonds is 5. The van der Waals surface area contributed by atoms with Crippen LogP contribution in [-0.4, -0.2) is 21.7 Å². The molecule has 4 nitrogen and oxygen atoms in total. The Bertz CT molecular complexity index is 310. The van der Waals surface area contributed by atoms with E-state index >= 15 is 0 Å². The normalized spacial score (nSPS) is 10.9. The molecule has 0 aliphatic heterocycles. The van der Waals surface area contributed by atoms with E-state index in [1.165, 1.54) is 6.92 Å². The number of carbonyl (C=O) groups is 1. The van der Waals surface area contributed by atoms with Crippen LogP contribution in [0.25, 0.3) is 0 Å². The molecule has 0 aliphatic rings. The molecule has 5 heteroatoms. The minimum atomic E-state index is -0.183. The molecule has 0 amide bonds. The van der Waals surface area contributed by atoms with Crippen molar-refractivity contribution in [3.63, 3.8) is 0 Å². The summed E-state index contributed by atoms with van der Waals surface area (Å²) in [6.45, 7) is 5.73. The van der Waals surface area contributed by atoms with Crippen LogP contribution in [0.3, 0.4) is 0 Å². The van der Waals surface area contributed by atoms with Gasteiger partial charge in [-0.3, -0.25) is 4.79 Å². The molecule has 0 aromatic carbocycles. The molecule has 0 radical (unpaired) electrons. The Kier molecular flexibility index (Phi) is 4.13. The summed E-state index contributed by atoms with van der Waals surface area (Å²) in [6, 6.07) is 0. The van der Waals surface area contributed by atoms with Crippen molar-refractivity contribution in [3.8, 4) is 0 Å². The van der Waals surface area contributed by atoms with Crippen molar-refractivity contribution >= 4 is 17.5 Å². The number of hydrogen-bond acceptors (Lipinski definition) is 5. The van der Waals surface area contributed by atoms with Gasteiger partial charge in [-0.05, 0) is 11.7 Å². The van der Waals surface area contributed by atoms with Gasteiger partial charge in [-0.25, -0.2) is 0 Å². The SMILES string of the molecule is CC(=O)c1nc(CSCC(C)C)no1. The molecule has 0 bridgehead atoms. The fourth-order valence-corrected chi connectivity index (χ4v) is 1.73. The third-order valence-electron chi connectivity index (χ3n) is 1.45. The van der Waals surface area contributed by atoms with Crippen molar-refractivity contribution in [2.75, 3.05) is 5.75 Å². The number of hydrogen-bond donors (Lipinski definition) is 0. The topological polar surface area (TPSA) is 56.0 Å². The van der Waals surface area contributed by atoms with Crippen LogP contribution in [0.1, 0.15) is 37.3 Å². The molecule has 0 unspecified atom stereocenters. The second kappa shape index (κ2) is 5.14. The van der Waals surface area contributed by atoms with Gasteiger partial charge >= 0.3 is 0 Å². The summed E-state index contributed by atoms with van der Waals surface area (Å²) >= 11 is 1.74. The van der Waals surface area contributed by atoms with E-state index in [1.807, 2.05) is 0 Å². The minimum Gasteiger partial charge on any atom is -0.331 e. The highest BCUT2D eigenvalue weighted by atomic mass is 32.2. The highest BCUT2D eigenvalue weighted by molar-refractivity contribution is 7.98. The molecule has 0 atom stereocenters. The van der Waals surface area contributed by atoms with Gasteiger partial charge in [0.05, 0.1) is 5.75 Å². The summed E-state index contributed by atoms with van der Waals surface area (Å²) < 4.78 is 4.76. The van der Waals surface area contributed by atoms with Gasteiger partial charge < -0.3 is 4.52 Å². The lowest BCUT2D eigenvalue weighted by molar-refractivity contribution is 0.0972. The lowest BCUT2D eigenvalue weighted by Crippen LogP contribution is -1.94. The first-order valence-corrected chi connectivity index (χ1v) is 5.66. The van der Waals surface area contributed by atoms with E-state index in [4.69, 9.17) is 4.52 Å². The van der Waals surface area contributed by atoms with Crippen molar-refractivity contribution in [3.05, 3.63) is 11.7 Å². The number of aromatic nitrogens is 2. The van der Waals surface area contributed by atoms with E-state index in [0.29, 0.717) is 17.5 Å². The average Bonchev–Trinajstić information content (AvgIpc) is 2.52. The predicted octanol–water partition coefficient (Wildman–Crippen LogP) is 2.16. The van der Waals surface area contributed by atoms with Crippen LogP contribution in [0.2, 0.25) is 0 Å². The molecule has 1 aromatic heterocycles. The standard InChI is InChI=1S/C9H14N2O2S/c1-6(2)4-14-5-8-10-9(7(3)12)13-11-8/h6H,4-5H2,1-3H3. The summed E-state index contributed by atoms with van der Waals surface area (Å²) in [7, 11) is 0. The predicted molar refractivity (Wildman–Crippen MR) is 55.3 cm³/mol. The molecule has 1 aromatic rings. The quantitative estimate of drug-likeness (QED) is 0.703. The zero-order valence-electron chi connectivity index (χ0n) is 8.61. The zero-order chi connectivity index (χ0) is 10.6. The van der Waals surface area contributed by atoms with E-state index in [9.17, 15) is 4.79 Å². The van der Waals surface area contributed by atoms with E-state index < -0.39 is 0 Å². The lowest BCUT2D eigenvalue weighted by Gasteiger charge is -2.00. The molecule has 14 heavy (non-hydrogen) atoms. The molecule has 0 spiro atoms. The van der Waals surface area contributed by atoms with Gasteiger partial charge in [0.1, 0.15) is 0 Å². The molecule has 0 saturated carbocycles. The van der Waals surface area contributed by atoms with Crippen LogP contribution in [-0.2, 0) is 5.75 Å². The van der Waals surface area contributed by atoms with Crippen molar-refractivity contribution < 1.29 is 9.32 Å². The lowest BCUT2D eigenvalue weighted by atomic mass is 10.3. The Hall–Kier alpha value is -0.840. The maximum atomic E-state index is 10.8. The first kappa shape index (κ1) is 11.2. The van der Waals surface area contributed by atoms with Crippen molar-refractivity contribution in [2.24, 2.45) is 5.92 Å². The molecule has 78 valence electrons. The smallest absolute Gasteiger partial charge is 0.293 e. The van der Waals surface area contributed by atoms with Crippen LogP contribution in [0.5, 0.6) is 0 Å². The first-order chi connectivity index (χ1) is 6.59. The van der Waals surface area contributed by atoms with Gasteiger partial charge in [-0.2, -0.15) is 16.7 Å². The van der Waals surface area contributed by atoms with Gasteiger partial charge in [0.15, 0.2) is 5.82 Å². The highest BCUT2D eigenvalue weighted by Gasteiger charge is 2.09. The van der Waals surface area contributed by atoms with Gasteiger partial charge in [-0.15, -0.1) is 0 Å². The molecule has 1 rings (SSSR count). The van der Waals surface area contributed by atoms with Crippen LogP contribution in [0, 0.1) is 5.92 Å². The van der Waals surface area contributed by atoms with E-state index in [2.05, 4.69) is 24.0 Å². The molecule has 1 heterocycles. The zero-order valence-corrected chi connectivity index (χ0v) is 9.43. The first-order valence-electron chi connectivity index (χ1n) is 4.51. The molecule has 0 N–H and O–H groups in total. The van der Waals surface area contributed by atoms with Crippen LogP contribution in [0.4, 0.5) is 0 Å². The number of ketones is 1. The van der Waals surface area contributed by atoms with E-state index in [-0.39, 0.29) is 11.7 Å². The van der Waals surface area contributed by atoms with Crippen molar-refractivity contribution in [1.29, 1.82) is 0 Å². The summed E-state index contributed by atoms with van der Waals surface area (Å²) in [5.74, 6) is 2.93. The largest absolute Gasteiger partial charge is 0.331 e. The highest BCUT2D eigenvalue weighted by Crippen LogP contribution is 2.13. The van der Waals surface area contributed by atoms with Gasteiger partial charge in [0, 0.05) is 6.92 Å². The third-order valence-corrected chi connectivity index (χ3v) is 2.82. The molecular formula is C9H14N2O2S. The van der Waals surface area contributed by atoms with Crippen molar-refractivity contribution in [1.82, 2.24) is 10.1 Å². The Morgan fingerprint density at radius 3 is 2.79 bits per heavy atom. The summed E-state index contributed by atoms with van der Waals surface area (Å²) in [6.07, 6.45) is 0. The Labute approximate surface area is 87.5 Å². The Balaban J connectivity index is 2.40. The molecular weight excluding hydrogens is 200 g/mol. The van der Waals surface area contributed by atoms with E-state index in [0.717, 1.165) is 5.75 Å². The summed E-state index contributed by atoms with van der Waals surface area (Å²) in [5.41, 5.74) is 0. The molecule has 0 aliphatic carbocycles. The van der Waals surface area contributed by atoms with Gasteiger partial charge in [0.2, 0.25) is 5.78 Å². The number of carbonyl (C=O) groups excluding carboxylic acids is 1. The third kappa shape index (κ3) is 3.49. The Morgan fingerprint density at radius 1 is 1.57 bits per heavy atom. The fourth-order valence-electron chi connectivity index (χ4n) is 0.842. The molecule has 0 saturated heterocycles. The molecule has 0 fully saturated rings. The van der Waals surface area contributed by atoms with Crippen LogP contribution in [0.15, 0.2) is 4.52 Å². The van der Waals surface area contributed by atoms with Crippen LogP contribution < -0.4 is 0 Å². The fraction of sp³-hybridized carbons (Fsp3) is 0.667. The maximum absolute atomic E-state index is 10.8. The summed E-state index contributed by atoms with van der Waals surface area (Å²) in [4.78, 5) is 14.8. The average molecular weight is 214 g/mol. The van der Waals surface area contributed by atoms with Gasteiger partial charge in [-0.1, -0.05) is 19.0 Å². The number of Topliss-reactive ketones (excluding diaryl/α,β-unsaturated/α-hetero) is 1. The minimum absolute atomic E-state index is 0.102. The second-order valence-corrected chi connectivity index (χ2v) is 4.51. The number of nitrogens with zero attached hydrogens (tertiary/aromatic N) is 2. The van der Waals surface area contributed by atoms with Crippen LogP contribution >= 0.6 is 11.8 Å². The second-order valence-electron chi connectivity index (χ2n) is 3.48. The van der Waals surface area contributed by atoms with E-state index in [1.54, 1.807) is 11.8 Å². The van der Waals surface area contributed by atoms with Crippen molar-refractivity contribution in [2.45, 2.75) is 26.5 Å². The summed E-state index contributed by atoms with van der Waals surface area (Å²) in [5, 5.41) is 3.71.